The van der Waals surface area contributed by atoms with Gasteiger partial charge in [-0.15, -0.1) is 0 Å². The van der Waals surface area contributed by atoms with E-state index < -0.39 is 17.9 Å². The molecule has 0 amide bonds. The Morgan fingerprint density at radius 2 is 1.57 bits per heavy atom. The van der Waals surface area contributed by atoms with Crippen LogP contribution in [0.5, 0.6) is 17.2 Å². The van der Waals surface area contributed by atoms with Gasteiger partial charge in [0.2, 0.25) is 0 Å². The summed E-state index contributed by atoms with van der Waals surface area (Å²) in [5.74, 6) is 0.895. The number of hydrogen-bond acceptors (Lipinski definition) is 7. The van der Waals surface area contributed by atoms with Crippen molar-refractivity contribution >= 4 is 16.7 Å². The van der Waals surface area contributed by atoms with Gasteiger partial charge in [-0.1, -0.05) is 0 Å². The van der Waals surface area contributed by atoms with E-state index in [0.29, 0.717) is 22.8 Å². The summed E-state index contributed by atoms with van der Waals surface area (Å²) in [6, 6.07) is 9.44. The number of fused-ring (bicyclic) bond motifs is 1. The molecule has 0 radical (unpaired) electrons. The lowest BCUT2D eigenvalue weighted by Crippen LogP contribution is -2.41. The number of carbonyl (C=O) groups excluding carboxylic acids is 1. The van der Waals surface area contributed by atoms with E-state index in [1.54, 1.807) is 24.3 Å². The summed E-state index contributed by atoms with van der Waals surface area (Å²) in [6.45, 7) is -0.901. The van der Waals surface area contributed by atoms with Crippen molar-refractivity contribution in [2.24, 2.45) is 0 Å². The topological polar surface area (TPSA) is 109 Å². The molecule has 9 nitrogen and oxygen atoms in total. The Balaban J connectivity index is 2.21. The fraction of sp³-hybridized carbons (Fsp3) is 0.286. The Bertz CT molecular complexity index is 1190. The van der Waals surface area contributed by atoms with Crippen LogP contribution in [0.1, 0.15) is 10.4 Å². The third-order valence-electron chi connectivity index (χ3n) is 4.77. The summed E-state index contributed by atoms with van der Waals surface area (Å²) in [7, 11) is 4.38. The molecule has 0 spiro atoms. The van der Waals surface area contributed by atoms with E-state index in [1.165, 1.54) is 38.0 Å². The molecule has 0 fully saturated rings. The van der Waals surface area contributed by atoms with Crippen LogP contribution in [0.4, 0.5) is 0 Å². The normalized spacial score (nSPS) is 10.8. The van der Waals surface area contributed by atoms with Gasteiger partial charge in [0.1, 0.15) is 5.75 Å². The maximum Gasteiger partial charge on any atom is 0.331 e. The Morgan fingerprint density at radius 1 is 0.933 bits per heavy atom. The van der Waals surface area contributed by atoms with Crippen LogP contribution < -0.4 is 25.5 Å². The lowest BCUT2D eigenvalue weighted by Gasteiger charge is -2.16. The zero-order chi connectivity index (χ0) is 21.8. The second-order valence-corrected chi connectivity index (χ2v) is 6.43. The molecule has 158 valence electrons. The molecule has 0 aliphatic carbocycles. The van der Waals surface area contributed by atoms with Gasteiger partial charge in [0.05, 0.1) is 51.9 Å². The largest absolute Gasteiger partial charge is 0.497 e. The average molecular weight is 414 g/mol. The lowest BCUT2D eigenvalue weighted by atomic mass is 10.1. The summed E-state index contributed by atoms with van der Waals surface area (Å²) in [5.41, 5.74) is -0.663. The first-order valence-electron chi connectivity index (χ1n) is 9.12. The Morgan fingerprint density at radius 3 is 2.13 bits per heavy atom. The van der Waals surface area contributed by atoms with Crippen molar-refractivity contribution in [1.82, 2.24) is 9.13 Å². The SMILES string of the molecule is COc1ccc(C(=O)Cn2c(=O)n(CCO)c(=O)c3cc(OC)c(OC)cc32)cc1. The van der Waals surface area contributed by atoms with Crippen LogP contribution in [0.2, 0.25) is 0 Å². The Hall–Kier alpha value is -3.59. The molecule has 3 aromatic rings. The molecular weight excluding hydrogens is 392 g/mol. The summed E-state index contributed by atoms with van der Waals surface area (Å²) < 4.78 is 17.7. The van der Waals surface area contributed by atoms with E-state index in [-0.39, 0.29) is 29.8 Å². The molecule has 1 N–H and O–H groups in total. The standard InChI is InChI=1S/C21H22N2O7/c1-28-14-6-4-13(5-7-14)17(25)12-23-16-11-19(30-3)18(29-2)10-15(16)20(26)22(8-9-24)21(23)27/h4-7,10-11,24H,8-9,12H2,1-3H3. The van der Waals surface area contributed by atoms with E-state index in [1.807, 2.05) is 0 Å². The second kappa shape index (κ2) is 8.83. The molecule has 0 bridgehead atoms. The molecule has 0 saturated heterocycles. The number of carbonyl (C=O) groups is 1. The van der Waals surface area contributed by atoms with Crippen molar-refractivity contribution in [3.63, 3.8) is 0 Å². The minimum absolute atomic E-state index is 0.170. The lowest BCUT2D eigenvalue weighted by molar-refractivity contribution is 0.0971. The van der Waals surface area contributed by atoms with E-state index >= 15 is 0 Å². The predicted octanol–water partition coefficient (Wildman–Crippen LogP) is 1.06. The molecule has 0 aliphatic rings. The number of aliphatic hydroxyl groups is 1. The van der Waals surface area contributed by atoms with Crippen LogP contribution in [0, 0.1) is 0 Å². The fourth-order valence-electron chi connectivity index (χ4n) is 3.21. The van der Waals surface area contributed by atoms with Crippen LogP contribution >= 0.6 is 0 Å². The van der Waals surface area contributed by atoms with Gasteiger partial charge in [0.15, 0.2) is 17.3 Å². The molecule has 1 aromatic heterocycles. The number of hydrogen-bond donors (Lipinski definition) is 1. The predicted molar refractivity (Wildman–Crippen MR) is 110 cm³/mol. The number of aliphatic hydroxyl groups excluding tert-OH is 1. The third kappa shape index (κ3) is 3.79. The monoisotopic (exact) mass is 414 g/mol. The summed E-state index contributed by atoms with van der Waals surface area (Å²) in [4.78, 5) is 38.7. The van der Waals surface area contributed by atoms with Gasteiger partial charge in [0.25, 0.3) is 5.56 Å². The van der Waals surface area contributed by atoms with Gasteiger partial charge in [0, 0.05) is 11.6 Å². The van der Waals surface area contributed by atoms with E-state index in [0.717, 1.165) is 4.57 Å². The average Bonchev–Trinajstić information content (AvgIpc) is 2.78. The molecule has 1 heterocycles. The highest BCUT2D eigenvalue weighted by Gasteiger charge is 2.19. The first-order valence-corrected chi connectivity index (χ1v) is 9.12. The first-order chi connectivity index (χ1) is 14.4. The van der Waals surface area contributed by atoms with Crippen LogP contribution in [0.15, 0.2) is 46.0 Å². The molecule has 0 unspecified atom stereocenters. The van der Waals surface area contributed by atoms with Crippen molar-refractivity contribution < 1.29 is 24.1 Å². The fourth-order valence-corrected chi connectivity index (χ4v) is 3.21. The highest BCUT2D eigenvalue weighted by atomic mass is 16.5. The molecule has 9 heteroatoms. The molecule has 0 atom stereocenters. The van der Waals surface area contributed by atoms with Gasteiger partial charge < -0.3 is 19.3 Å². The zero-order valence-electron chi connectivity index (χ0n) is 16.9. The number of ether oxygens (including phenoxy) is 3. The van der Waals surface area contributed by atoms with Crippen molar-refractivity contribution in [1.29, 1.82) is 0 Å². The van der Waals surface area contributed by atoms with Gasteiger partial charge in [-0.05, 0) is 30.3 Å². The van der Waals surface area contributed by atoms with Crippen molar-refractivity contribution in [3.8, 4) is 17.2 Å². The summed E-state index contributed by atoms with van der Waals surface area (Å²) in [6.07, 6.45) is 0. The third-order valence-corrected chi connectivity index (χ3v) is 4.77. The van der Waals surface area contributed by atoms with E-state index in [9.17, 15) is 19.5 Å². The van der Waals surface area contributed by atoms with Crippen LogP contribution in [-0.2, 0) is 13.1 Å². The molecule has 3 rings (SSSR count). The van der Waals surface area contributed by atoms with Gasteiger partial charge >= 0.3 is 5.69 Å². The molecular formula is C21H22N2O7. The number of aromatic nitrogens is 2. The number of ketones is 1. The maximum atomic E-state index is 13.0. The highest BCUT2D eigenvalue weighted by Crippen LogP contribution is 2.30. The Kier molecular flexibility index (Phi) is 6.22. The zero-order valence-corrected chi connectivity index (χ0v) is 16.9. The minimum atomic E-state index is -0.698. The van der Waals surface area contributed by atoms with Gasteiger partial charge in [-0.2, -0.15) is 0 Å². The van der Waals surface area contributed by atoms with Crippen molar-refractivity contribution in [3.05, 3.63) is 62.8 Å². The van der Waals surface area contributed by atoms with Crippen LogP contribution in [-0.4, -0.2) is 48.0 Å². The van der Waals surface area contributed by atoms with Crippen LogP contribution in [0.3, 0.4) is 0 Å². The minimum Gasteiger partial charge on any atom is -0.497 e. The molecule has 0 saturated carbocycles. The van der Waals surface area contributed by atoms with Gasteiger partial charge in [-0.25, -0.2) is 4.79 Å². The van der Waals surface area contributed by atoms with Gasteiger partial charge in [-0.3, -0.25) is 18.7 Å². The van der Waals surface area contributed by atoms with Crippen molar-refractivity contribution in [2.75, 3.05) is 27.9 Å². The van der Waals surface area contributed by atoms with E-state index in [4.69, 9.17) is 14.2 Å². The number of nitrogens with zero attached hydrogens (tertiary/aromatic N) is 2. The number of rotatable bonds is 8. The van der Waals surface area contributed by atoms with Crippen molar-refractivity contribution in [2.45, 2.75) is 13.1 Å². The quantitative estimate of drug-likeness (QED) is 0.549. The number of Topliss-reactive ketones (excluding diaryl/α,β-unsaturated/α-hetero) is 1. The van der Waals surface area contributed by atoms with Crippen LogP contribution in [0.25, 0.3) is 10.9 Å². The summed E-state index contributed by atoms with van der Waals surface area (Å²) >= 11 is 0. The molecule has 2 aromatic carbocycles. The molecule has 0 aliphatic heterocycles. The first kappa shape index (κ1) is 21.1. The Labute approximate surface area is 171 Å². The summed E-state index contributed by atoms with van der Waals surface area (Å²) in [5, 5.41) is 9.46. The second-order valence-electron chi connectivity index (χ2n) is 6.43. The smallest absolute Gasteiger partial charge is 0.331 e. The number of benzene rings is 2. The van der Waals surface area contributed by atoms with E-state index in [2.05, 4.69) is 0 Å². The highest BCUT2D eigenvalue weighted by molar-refractivity contribution is 5.97. The molecule has 30 heavy (non-hydrogen) atoms. The number of methoxy groups -OCH3 is 3. The maximum absolute atomic E-state index is 13.0.